The third-order valence-corrected chi connectivity index (χ3v) is 5.11. The van der Waals surface area contributed by atoms with Crippen molar-refractivity contribution in [2.75, 3.05) is 14.2 Å². The van der Waals surface area contributed by atoms with Gasteiger partial charge in [0.25, 0.3) is 0 Å². The molecule has 2 heteroatoms. The van der Waals surface area contributed by atoms with Gasteiger partial charge in [0.05, 0.1) is 5.60 Å². The Balaban J connectivity index is 2.01. The number of hydrogen-bond acceptors (Lipinski definition) is 2. The second-order valence-corrected chi connectivity index (χ2v) is 6.95. The topological polar surface area (TPSA) is 21.3 Å². The SMILES string of the molecule is CNC(CC1CC1)C1(OC)CCC(C)(C)CC1. The van der Waals surface area contributed by atoms with Crippen LogP contribution in [0.4, 0.5) is 0 Å². The lowest BCUT2D eigenvalue weighted by Crippen LogP contribution is -2.54. The molecule has 2 aliphatic carbocycles. The van der Waals surface area contributed by atoms with E-state index in [1.165, 1.54) is 44.9 Å². The monoisotopic (exact) mass is 239 g/mol. The standard InChI is InChI=1S/C15H29NO/c1-14(2)7-9-15(17-4,10-8-14)13(16-3)11-12-5-6-12/h12-13,16H,5-11H2,1-4H3. The van der Waals surface area contributed by atoms with Crippen LogP contribution in [-0.2, 0) is 4.74 Å². The van der Waals surface area contributed by atoms with E-state index in [0.717, 1.165) is 5.92 Å². The van der Waals surface area contributed by atoms with Gasteiger partial charge in [0.1, 0.15) is 0 Å². The van der Waals surface area contributed by atoms with Gasteiger partial charge in [-0.15, -0.1) is 0 Å². The molecular formula is C15H29NO. The van der Waals surface area contributed by atoms with Gasteiger partial charge >= 0.3 is 0 Å². The minimum absolute atomic E-state index is 0.104. The Hall–Kier alpha value is -0.0800. The fraction of sp³-hybridized carbons (Fsp3) is 1.00. The molecule has 0 heterocycles. The molecule has 2 aliphatic rings. The molecule has 0 aromatic rings. The van der Waals surface area contributed by atoms with E-state index >= 15 is 0 Å². The summed E-state index contributed by atoms with van der Waals surface area (Å²) >= 11 is 0. The van der Waals surface area contributed by atoms with Gasteiger partial charge in [0, 0.05) is 13.2 Å². The predicted octanol–water partition coefficient (Wildman–Crippen LogP) is 3.36. The van der Waals surface area contributed by atoms with Gasteiger partial charge in [0.15, 0.2) is 0 Å². The van der Waals surface area contributed by atoms with Gasteiger partial charge < -0.3 is 10.1 Å². The van der Waals surface area contributed by atoms with Crippen molar-refractivity contribution >= 4 is 0 Å². The molecular weight excluding hydrogens is 210 g/mol. The Labute approximate surface area is 107 Å². The normalized spacial score (nSPS) is 28.9. The largest absolute Gasteiger partial charge is 0.377 e. The van der Waals surface area contributed by atoms with E-state index in [9.17, 15) is 0 Å². The third kappa shape index (κ3) is 3.03. The quantitative estimate of drug-likeness (QED) is 0.794. The first-order chi connectivity index (χ1) is 8.01. The van der Waals surface area contributed by atoms with Crippen LogP contribution in [0.1, 0.15) is 58.8 Å². The van der Waals surface area contributed by atoms with Crippen molar-refractivity contribution in [3.8, 4) is 0 Å². The Bertz CT molecular complexity index is 248. The van der Waals surface area contributed by atoms with Crippen molar-refractivity contribution in [2.45, 2.75) is 70.4 Å². The highest BCUT2D eigenvalue weighted by molar-refractivity contribution is 5.00. The van der Waals surface area contributed by atoms with Crippen molar-refractivity contribution in [1.29, 1.82) is 0 Å². The first-order valence-corrected chi connectivity index (χ1v) is 7.24. The van der Waals surface area contributed by atoms with Gasteiger partial charge in [-0.05, 0) is 50.5 Å². The van der Waals surface area contributed by atoms with Gasteiger partial charge in [-0.2, -0.15) is 0 Å². The van der Waals surface area contributed by atoms with E-state index < -0.39 is 0 Å². The Kier molecular flexibility index (Phi) is 3.84. The van der Waals surface area contributed by atoms with Crippen LogP contribution in [-0.4, -0.2) is 25.8 Å². The number of ether oxygens (including phenoxy) is 1. The zero-order valence-electron chi connectivity index (χ0n) is 12.0. The molecule has 2 rings (SSSR count). The van der Waals surface area contributed by atoms with Crippen LogP contribution < -0.4 is 5.32 Å². The zero-order valence-corrected chi connectivity index (χ0v) is 12.0. The van der Waals surface area contributed by atoms with Gasteiger partial charge in [0.2, 0.25) is 0 Å². The molecule has 0 radical (unpaired) electrons. The summed E-state index contributed by atoms with van der Waals surface area (Å²) in [5.74, 6) is 0.967. The molecule has 2 saturated carbocycles. The zero-order chi connectivity index (χ0) is 12.5. The number of nitrogens with one attached hydrogen (secondary N) is 1. The van der Waals surface area contributed by atoms with E-state index in [4.69, 9.17) is 4.74 Å². The van der Waals surface area contributed by atoms with Crippen LogP contribution in [0.15, 0.2) is 0 Å². The lowest BCUT2D eigenvalue weighted by atomic mass is 9.67. The average molecular weight is 239 g/mol. The van der Waals surface area contributed by atoms with Gasteiger partial charge in [-0.3, -0.25) is 0 Å². The van der Waals surface area contributed by atoms with Gasteiger partial charge in [-0.1, -0.05) is 26.7 Å². The summed E-state index contributed by atoms with van der Waals surface area (Å²) in [7, 11) is 4.02. The third-order valence-electron chi connectivity index (χ3n) is 5.11. The average Bonchev–Trinajstić information content (AvgIpc) is 3.11. The van der Waals surface area contributed by atoms with Crippen LogP contribution in [0.2, 0.25) is 0 Å². The predicted molar refractivity (Wildman–Crippen MR) is 72.2 cm³/mol. The molecule has 1 unspecified atom stereocenters. The van der Waals surface area contributed by atoms with E-state index in [1.54, 1.807) is 0 Å². The molecule has 0 amide bonds. The van der Waals surface area contributed by atoms with Gasteiger partial charge in [-0.25, -0.2) is 0 Å². The summed E-state index contributed by atoms with van der Waals surface area (Å²) in [5.41, 5.74) is 0.618. The van der Waals surface area contributed by atoms with Crippen LogP contribution in [0, 0.1) is 11.3 Å². The highest BCUT2D eigenvalue weighted by atomic mass is 16.5. The smallest absolute Gasteiger partial charge is 0.0831 e. The summed E-state index contributed by atoms with van der Waals surface area (Å²) < 4.78 is 5.99. The van der Waals surface area contributed by atoms with Crippen molar-refractivity contribution in [3.63, 3.8) is 0 Å². The molecule has 0 bridgehead atoms. The van der Waals surface area contributed by atoms with Crippen LogP contribution >= 0.6 is 0 Å². The minimum atomic E-state index is 0.104. The molecule has 100 valence electrons. The maximum Gasteiger partial charge on any atom is 0.0831 e. The summed E-state index contributed by atoms with van der Waals surface area (Å²) in [6, 6.07) is 0.552. The van der Waals surface area contributed by atoms with Crippen LogP contribution in [0.5, 0.6) is 0 Å². The van der Waals surface area contributed by atoms with Crippen molar-refractivity contribution in [1.82, 2.24) is 5.32 Å². The molecule has 1 N–H and O–H groups in total. The van der Waals surface area contributed by atoms with Crippen LogP contribution in [0.25, 0.3) is 0 Å². The van der Waals surface area contributed by atoms with Crippen LogP contribution in [0.3, 0.4) is 0 Å². The van der Waals surface area contributed by atoms with Crippen molar-refractivity contribution in [2.24, 2.45) is 11.3 Å². The molecule has 2 nitrogen and oxygen atoms in total. The molecule has 2 fully saturated rings. The summed E-state index contributed by atoms with van der Waals surface area (Å²) in [6.45, 7) is 4.78. The second-order valence-electron chi connectivity index (χ2n) is 6.95. The molecule has 0 aliphatic heterocycles. The maximum absolute atomic E-state index is 5.99. The summed E-state index contributed by atoms with van der Waals surface area (Å²) in [4.78, 5) is 0. The van der Waals surface area contributed by atoms with Crippen molar-refractivity contribution in [3.05, 3.63) is 0 Å². The fourth-order valence-corrected chi connectivity index (χ4v) is 3.33. The van der Waals surface area contributed by atoms with Crippen molar-refractivity contribution < 1.29 is 4.74 Å². The summed E-state index contributed by atoms with van der Waals surface area (Å²) in [5, 5.41) is 3.54. The highest BCUT2D eigenvalue weighted by Gasteiger charge is 2.45. The van der Waals surface area contributed by atoms with E-state index in [1.807, 2.05) is 7.11 Å². The first-order valence-electron chi connectivity index (χ1n) is 7.24. The lowest BCUT2D eigenvalue weighted by molar-refractivity contribution is -0.0874. The number of hydrogen-bond donors (Lipinski definition) is 1. The summed E-state index contributed by atoms with van der Waals surface area (Å²) in [6.07, 6.45) is 9.20. The number of methoxy groups -OCH3 is 1. The Morgan fingerprint density at radius 3 is 2.18 bits per heavy atom. The second kappa shape index (κ2) is 4.89. The highest BCUT2D eigenvalue weighted by Crippen LogP contribution is 2.46. The minimum Gasteiger partial charge on any atom is -0.377 e. The maximum atomic E-state index is 5.99. The Morgan fingerprint density at radius 1 is 1.18 bits per heavy atom. The fourth-order valence-electron chi connectivity index (χ4n) is 3.33. The Morgan fingerprint density at radius 2 is 1.76 bits per heavy atom. The van der Waals surface area contributed by atoms with E-state index in [2.05, 4.69) is 26.2 Å². The van der Waals surface area contributed by atoms with E-state index in [-0.39, 0.29) is 5.60 Å². The molecule has 0 spiro atoms. The molecule has 0 saturated heterocycles. The first kappa shape index (κ1) is 13.4. The molecule has 17 heavy (non-hydrogen) atoms. The van der Waals surface area contributed by atoms with E-state index in [0.29, 0.717) is 11.5 Å². The number of rotatable bonds is 5. The number of likely N-dealkylation sites (N-methyl/N-ethyl adjacent to an activating group) is 1. The lowest BCUT2D eigenvalue weighted by Gasteiger charge is -2.47. The molecule has 0 aromatic heterocycles. The molecule has 0 aromatic carbocycles. The molecule has 1 atom stereocenters.